The topological polar surface area (TPSA) is 59.4 Å². The zero-order valence-electron chi connectivity index (χ0n) is 12.8. The Labute approximate surface area is 124 Å². The fourth-order valence-corrected chi connectivity index (χ4v) is 2.11. The first-order chi connectivity index (χ1) is 10.0. The number of para-hydroxylation sites is 1. The van der Waals surface area contributed by atoms with Crippen LogP contribution in [0.5, 0.6) is 5.75 Å². The van der Waals surface area contributed by atoms with Crippen molar-refractivity contribution in [2.24, 2.45) is 7.05 Å². The summed E-state index contributed by atoms with van der Waals surface area (Å²) in [5.41, 5.74) is 1.46. The van der Waals surface area contributed by atoms with Crippen molar-refractivity contribution >= 4 is 11.9 Å². The number of benzene rings is 1. The van der Waals surface area contributed by atoms with Gasteiger partial charge in [0.05, 0.1) is 31.1 Å². The molecule has 0 fully saturated rings. The zero-order chi connectivity index (χ0) is 15.4. The van der Waals surface area contributed by atoms with Gasteiger partial charge in [0.25, 0.3) is 5.91 Å². The molecule has 1 aromatic carbocycles. The number of nitrogens with zero attached hydrogens (tertiary/aromatic N) is 3. The van der Waals surface area contributed by atoms with Crippen LogP contribution in [0.25, 0.3) is 0 Å². The summed E-state index contributed by atoms with van der Waals surface area (Å²) in [6.07, 6.45) is 1.76. The quantitative estimate of drug-likeness (QED) is 0.904. The van der Waals surface area contributed by atoms with E-state index in [9.17, 15) is 4.79 Å². The Hall–Kier alpha value is -2.50. The number of methoxy groups -OCH3 is 1. The van der Waals surface area contributed by atoms with Gasteiger partial charge in [0, 0.05) is 21.1 Å². The highest BCUT2D eigenvalue weighted by atomic mass is 16.5. The number of hydrogen-bond donors (Lipinski definition) is 1. The van der Waals surface area contributed by atoms with E-state index < -0.39 is 0 Å². The van der Waals surface area contributed by atoms with E-state index in [1.807, 2.05) is 42.7 Å². The van der Waals surface area contributed by atoms with Crippen molar-refractivity contribution in [1.82, 2.24) is 14.9 Å². The largest absolute Gasteiger partial charge is 0.496 e. The van der Waals surface area contributed by atoms with Gasteiger partial charge >= 0.3 is 0 Å². The third-order valence-electron chi connectivity index (χ3n) is 3.24. The lowest BCUT2D eigenvalue weighted by molar-refractivity contribution is 0.0947. The molecule has 2 aromatic rings. The molecule has 0 aliphatic carbocycles. The van der Waals surface area contributed by atoms with Crippen LogP contribution in [0.2, 0.25) is 0 Å². The monoisotopic (exact) mass is 288 g/mol. The first kappa shape index (κ1) is 14.9. The molecule has 6 nitrogen and oxygen atoms in total. The van der Waals surface area contributed by atoms with Crippen LogP contribution in [0.1, 0.15) is 16.1 Å². The number of amides is 1. The number of nitrogens with one attached hydrogen (secondary N) is 1. The summed E-state index contributed by atoms with van der Waals surface area (Å²) in [4.78, 5) is 18.5. The molecule has 6 heteroatoms. The van der Waals surface area contributed by atoms with Crippen LogP contribution < -0.4 is 15.0 Å². The normalized spacial score (nSPS) is 10.3. The minimum atomic E-state index is -0.167. The molecule has 21 heavy (non-hydrogen) atoms. The first-order valence-corrected chi connectivity index (χ1v) is 6.63. The summed E-state index contributed by atoms with van der Waals surface area (Å²) in [6.45, 7) is 0.411. The predicted octanol–water partition coefficient (Wildman–Crippen LogP) is 1.42. The number of anilines is 1. The Balaban J connectivity index is 2.08. The molecule has 0 aliphatic heterocycles. The van der Waals surface area contributed by atoms with E-state index in [0.29, 0.717) is 17.9 Å². The van der Waals surface area contributed by atoms with E-state index in [1.165, 1.54) is 0 Å². The predicted molar refractivity (Wildman–Crippen MR) is 81.7 cm³/mol. The molecule has 1 amide bonds. The number of aromatic nitrogens is 2. The minimum Gasteiger partial charge on any atom is -0.496 e. The number of carbonyl (C=O) groups is 1. The molecule has 0 radical (unpaired) electrons. The molecule has 0 saturated heterocycles. The second kappa shape index (κ2) is 6.30. The number of rotatable bonds is 5. The molecule has 1 heterocycles. The fourth-order valence-electron chi connectivity index (χ4n) is 2.11. The van der Waals surface area contributed by atoms with Crippen LogP contribution >= 0.6 is 0 Å². The lowest BCUT2D eigenvalue weighted by atomic mass is 10.2. The van der Waals surface area contributed by atoms with Gasteiger partial charge in [0.1, 0.15) is 5.75 Å². The molecule has 0 unspecified atom stereocenters. The molecule has 0 atom stereocenters. The van der Waals surface area contributed by atoms with Crippen molar-refractivity contribution in [3.8, 4) is 5.75 Å². The van der Waals surface area contributed by atoms with Crippen LogP contribution in [-0.4, -0.2) is 36.7 Å². The highest BCUT2D eigenvalue weighted by Crippen LogP contribution is 2.17. The molecule has 0 saturated carbocycles. The van der Waals surface area contributed by atoms with E-state index in [-0.39, 0.29) is 5.91 Å². The average Bonchev–Trinajstić information content (AvgIpc) is 2.86. The van der Waals surface area contributed by atoms with Crippen molar-refractivity contribution in [3.05, 3.63) is 41.7 Å². The van der Waals surface area contributed by atoms with Crippen molar-refractivity contribution in [2.45, 2.75) is 6.54 Å². The third-order valence-corrected chi connectivity index (χ3v) is 3.24. The summed E-state index contributed by atoms with van der Waals surface area (Å²) in [7, 11) is 7.34. The summed E-state index contributed by atoms with van der Waals surface area (Å²) >= 11 is 0. The lowest BCUT2D eigenvalue weighted by Gasteiger charge is -2.13. The number of imidazole rings is 1. The van der Waals surface area contributed by atoms with E-state index in [4.69, 9.17) is 4.74 Å². The molecular weight excluding hydrogens is 268 g/mol. The van der Waals surface area contributed by atoms with E-state index in [0.717, 1.165) is 11.6 Å². The molecule has 1 aromatic heterocycles. The van der Waals surface area contributed by atoms with Crippen LogP contribution in [0.3, 0.4) is 0 Å². The Kier molecular flexibility index (Phi) is 4.47. The second-order valence-electron chi connectivity index (χ2n) is 4.89. The van der Waals surface area contributed by atoms with Crippen LogP contribution in [0.15, 0.2) is 30.5 Å². The van der Waals surface area contributed by atoms with Crippen molar-refractivity contribution in [3.63, 3.8) is 0 Å². The van der Waals surface area contributed by atoms with Gasteiger partial charge in [-0.25, -0.2) is 4.98 Å². The highest BCUT2D eigenvalue weighted by Gasteiger charge is 2.13. The Bertz CT molecular complexity index is 634. The maximum Gasteiger partial charge on any atom is 0.255 e. The number of hydrogen-bond acceptors (Lipinski definition) is 4. The fraction of sp³-hybridized carbons (Fsp3) is 0.333. The van der Waals surface area contributed by atoms with Crippen molar-refractivity contribution < 1.29 is 9.53 Å². The van der Waals surface area contributed by atoms with Crippen molar-refractivity contribution in [2.75, 3.05) is 26.1 Å². The molecule has 0 aliphatic rings. The van der Waals surface area contributed by atoms with Gasteiger partial charge in [-0.1, -0.05) is 12.1 Å². The molecule has 1 N–H and O–H groups in total. The highest BCUT2D eigenvalue weighted by molar-refractivity contribution is 5.96. The molecule has 2 rings (SSSR count). The summed E-state index contributed by atoms with van der Waals surface area (Å²) in [5, 5.41) is 2.88. The minimum absolute atomic E-state index is 0.167. The molecule has 0 spiro atoms. The van der Waals surface area contributed by atoms with E-state index >= 15 is 0 Å². The van der Waals surface area contributed by atoms with Crippen LogP contribution in [0, 0.1) is 0 Å². The van der Waals surface area contributed by atoms with Gasteiger partial charge in [-0.15, -0.1) is 0 Å². The number of ether oxygens (including phenoxy) is 1. The SMILES string of the molecule is COc1ccccc1C(=O)NCc1cnc(N(C)C)n1C. The van der Waals surface area contributed by atoms with Crippen molar-refractivity contribution in [1.29, 1.82) is 0 Å². The Morgan fingerprint density at radius 2 is 2.10 bits per heavy atom. The maximum atomic E-state index is 12.2. The van der Waals surface area contributed by atoms with E-state index in [2.05, 4.69) is 10.3 Å². The van der Waals surface area contributed by atoms with E-state index in [1.54, 1.807) is 25.4 Å². The van der Waals surface area contributed by atoms with Gasteiger partial charge < -0.3 is 19.5 Å². The van der Waals surface area contributed by atoms with Gasteiger partial charge in [-0.2, -0.15) is 0 Å². The second-order valence-corrected chi connectivity index (χ2v) is 4.89. The van der Waals surface area contributed by atoms with Crippen LogP contribution in [0.4, 0.5) is 5.95 Å². The van der Waals surface area contributed by atoms with Crippen LogP contribution in [-0.2, 0) is 13.6 Å². The standard InChI is InChI=1S/C15H20N4O2/c1-18(2)15-17-10-11(19(15)3)9-16-14(20)12-7-5-6-8-13(12)21-4/h5-8,10H,9H2,1-4H3,(H,16,20). The summed E-state index contributed by atoms with van der Waals surface area (Å²) in [5.74, 6) is 1.24. The molecule has 0 bridgehead atoms. The lowest BCUT2D eigenvalue weighted by Crippen LogP contribution is -2.24. The van der Waals surface area contributed by atoms with Gasteiger partial charge in [-0.3, -0.25) is 4.79 Å². The van der Waals surface area contributed by atoms with Gasteiger partial charge in [0.15, 0.2) is 0 Å². The smallest absolute Gasteiger partial charge is 0.255 e. The average molecular weight is 288 g/mol. The summed E-state index contributed by atoms with van der Waals surface area (Å²) < 4.78 is 7.14. The first-order valence-electron chi connectivity index (χ1n) is 6.63. The Morgan fingerprint density at radius 1 is 1.38 bits per heavy atom. The summed E-state index contributed by atoms with van der Waals surface area (Å²) in [6, 6.07) is 7.15. The molecular formula is C15H20N4O2. The Morgan fingerprint density at radius 3 is 2.71 bits per heavy atom. The molecule has 112 valence electrons. The zero-order valence-corrected chi connectivity index (χ0v) is 12.8. The van der Waals surface area contributed by atoms with Gasteiger partial charge in [0.2, 0.25) is 5.95 Å². The van der Waals surface area contributed by atoms with Gasteiger partial charge in [-0.05, 0) is 12.1 Å². The number of carbonyl (C=O) groups excluding carboxylic acids is 1. The third kappa shape index (κ3) is 3.16. The maximum absolute atomic E-state index is 12.2.